The van der Waals surface area contributed by atoms with Crippen LogP contribution < -0.4 is 4.72 Å². The highest BCUT2D eigenvalue weighted by Gasteiger charge is 2.45. The van der Waals surface area contributed by atoms with E-state index in [1.165, 1.54) is 189 Å². The van der Waals surface area contributed by atoms with Gasteiger partial charge in [0.1, 0.15) is 0 Å². The fourth-order valence-electron chi connectivity index (χ4n) is 6.05. The first-order valence-electron chi connectivity index (χ1n) is 19.5. The Labute approximate surface area is 280 Å². The van der Waals surface area contributed by atoms with Crippen LogP contribution in [0.2, 0.25) is 0 Å². The lowest BCUT2D eigenvalue weighted by Crippen LogP contribution is -2.50. The van der Waals surface area contributed by atoms with Gasteiger partial charge in [0.25, 0.3) is 0 Å². The Hall–Kier alpha value is -0.340. The molecule has 0 fully saturated rings. The van der Waals surface area contributed by atoms with Gasteiger partial charge in [0.15, 0.2) is 0 Å². The number of hydrogen-bond acceptors (Lipinski definition) is 2. The summed E-state index contributed by atoms with van der Waals surface area (Å²) >= 11 is 0. The quantitative estimate of drug-likeness (QED) is 0.0571. The summed E-state index contributed by atoms with van der Waals surface area (Å²) in [5.74, 6) is 0. The van der Waals surface area contributed by atoms with E-state index in [0.717, 1.165) is 0 Å². The van der Waals surface area contributed by atoms with Crippen molar-refractivity contribution in [3.05, 3.63) is 0 Å². The average molecular weight is 672 g/mol. The van der Waals surface area contributed by atoms with E-state index in [0.29, 0.717) is 12.8 Å². The summed E-state index contributed by atoms with van der Waals surface area (Å²) in [6.45, 7) is 16.8. The normalized spacial score (nSPS) is 12.4. The fourth-order valence-corrected chi connectivity index (χ4v) is 6.62. The van der Waals surface area contributed by atoms with Gasteiger partial charge in [0, 0.05) is 6.54 Å². The van der Waals surface area contributed by atoms with Crippen LogP contribution in [0.25, 0.3) is 0 Å². The predicted octanol–water partition coefficient (Wildman–Crippen LogP) is 12.5. The van der Waals surface area contributed by atoms with Crippen molar-refractivity contribution in [1.82, 2.24) is 4.72 Å². The molecule has 0 aliphatic rings. The highest BCUT2D eigenvalue weighted by Crippen LogP contribution is 2.22. The molecule has 0 atom stereocenters. The van der Waals surface area contributed by atoms with Crippen LogP contribution in [0.4, 0.5) is 13.2 Å². The summed E-state index contributed by atoms with van der Waals surface area (Å²) in [4.78, 5) is 0. The van der Waals surface area contributed by atoms with Gasteiger partial charge >= 0.3 is 15.5 Å². The minimum Gasteiger partial charge on any atom is -0.324 e. The van der Waals surface area contributed by atoms with Crippen molar-refractivity contribution in [2.45, 2.75) is 207 Å². The topological polar surface area (TPSA) is 46.2 Å². The van der Waals surface area contributed by atoms with Crippen LogP contribution >= 0.6 is 0 Å². The largest absolute Gasteiger partial charge is 0.511 e. The molecule has 0 rings (SSSR count). The Morgan fingerprint density at radius 3 is 0.911 bits per heavy atom. The van der Waals surface area contributed by atoms with Crippen LogP contribution in [0.1, 0.15) is 202 Å². The van der Waals surface area contributed by atoms with Crippen LogP contribution in [-0.4, -0.2) is 51.1 Å². The van der Waals surface area contributed by atoms with Crippen molar-refractivity contribution in [3.63, 3.8) is 0 Å². The zero-order chi connectivity index (χ0) is 34.1. The highest BCUT2D eigenvalue weighted by atomic mass is 32.2. The van der Waals surface area contributed by atoms with Gasteiger partial charge in [-0.05, 0) is 57.8 Å². The summed E-state index contributed by atoms with van der Waals surface area (Å²) < 4.78 is 58.3. The van der Waals surface area contributed by atoms with Gasteiger partial charge in [0.2, 0.25) is 0 Å². The number of nitrogens with zero attached hydrogens (tertiary/aromatic N) is 1. The molecule has 0 bridgehead atoms. The average Bonchev–Trinajstić information content (AvgIpc) is 3.00. The molecule has 274 valence electrons. The zero-order valence-electron chi connectivity index (χ0n) is 30.7. The van der Waals surface area contributed by atoms with Crippen molar-refractivity contribution in [3.8, 4) is 0 Å². The molecule has 0 aliphatic heterocycles. The lowest BCUT2D eigenvalue weighted by molar-refractivity contribution is -0.929. The van der Waals surface area contributed by atoms with Crippen LogP contribution in [0.3, 0.4) is 0 Å². The van der Waals surface area contributed by atoms with Crippen molar-refractivity contribution in [1.29, 1.82) is 0 Å². The number of unbranched alkanes of at least 4 members (excludes halogenated alkanes) is 21. The van der Waals surface area contributed by atoms with E-state index in [2.05, 4.69) is 27.7 Å². The first-order valence-corrected chi connectivity index (χ1v) is 20.9. The maximum absolute atomic E-state index is 11.6. The van der Waals surface area contributed by atoms with E-state index in [9.17, 15) is 21.6 Å². The van der Waals surface area contributed by atoms with Gasteiger partial charge < -0.3 is 4.48 Å². The minimum absolute atomic E-state index is 0.168. The Kier molecular flexibility index (Phi) is 33.5. The van der Waals surface area contributed by atoms with E-state index in [-0.39, 0.29) is 6.54 Å². The van der Waals surface area contributed by atoms with Gasteiger partial charge in [-0.3, -0.25) is 0 Å². The van der Waals surface area contributed by atoms with Crippen molar-refractivity contribution in [2.24, 2.45) is 0 Å². The number of nitrogens with one attached hydrogen (secondary N) is 1. The first kappa shape index (κ1) is 46.8. The van der Waals surface area contributed by atoms with Crippen LogP contribution in [0, 0.1) is 0 Å². The van der Waals surface area contributed by atoms with Crippen LogP contribution in [0.15, 0.2) is 0 Å². The number of rotatable bonds is 32. The number of hydrogen-bond donors (Lipinski definition) is 1. The summed E-state index contributed by atoms with van der Waals surface area (Å²) in [6, 6.07) is 0. The molecule has 0 aromatic heterocycles. The van der Waals surface area contributed by atoms with E-state index < -0.39 is 15.5 Å². The number of alkyl halides is 3. The molecule has 45 heavy (non-hydrogen) atoms. The third-order valence-corrected chi connectivity index (χ3v) is 10.3. The lowest BCUT2D eigenvalue weighted by atomic mass is 10.0. The standard InChI is InChI=1S/C32H68N.C5H10F3NO2S/c1-5-9-13-17-21-25-29-33(30-26-22-18-14-10-6-2,31-27-23-19-15-11-7-3)32-28-24-20-16-12-8-4;1-2-3-4-9-12(10,11)5(6,7)8/h5-32H2,1-4H3;9H,2-4H2,1H3/q+1;. The highest BCUT2D eigenvalue weighted by molar-refractivity contribution is 7.90. The van der Waals surface area contributed by atoms with Gasteiger partial charge in [-0.15, -0.1) is 0 Å². The van der Waals surface area contributed by atoms with Gasteiger partial charge in [-0.25, -0.2) is 13.1 Å². The van der Waals surface area contributed by atoms with E-state index in [1.807, 2.05) is 0 Å². The molecule has 0 amide bonds. The number of sulfonamides is 1. The molecule has 0 saturated heterocycles. The molecule has 8 heteroatoms. The first-order chi connectivity index (χ1) is 21.6. The Balaban J connectivity index is 0. The van der Waals surface area contributed by atoms with Gasteiger partial charge in [-0.2, -0.15) is 13.2 Å². The molecular formula is C37H78F3N2O2S+. The van der Waals surface area contributed by atoms with Crippen molar-refractivity contribution in [2.75, 3.05) is 32.7 Å². The Morgan fingerprint density at radius 2 is 0.667 bits per heavy atom. The van der Waals surface area contributed by atoms with Crippen LogP contribution in [-0.2, 0) is 10.0 Å². The van der Waals surface area contributed by atoms with E-state index in [4.69, 9.17) is 0 Å². The molecule has 0 aromatic rings. The second kappa shape index (κ2) is 32.2. The molecule has 4 nitrogen and oxygen atoms in total. The second-order valence-corrected chi connectivity index (χ2v) is 15.3. The third-order valence-electron chi connectivity index (χ3n) is 9.07. The maximum atomic E-state index is 11.6. The SMILES string of the molecule is CCCCCCCC[N+](CCCCCCCC)(CCCCCCCC)CCCCCCCC.CCCCNS(=O)(=O)C(F)(F)F. The summed E-state index contributed by atoms with van der Waals surface area (Å²) in [6.07, 6.45) is 35.8. The number of quaternary nitrogens is 1. The Morgan fingerprint density at radius 1 is 0.422 bits per heavy atom. The predicted molar refractivity (Wildman–Crippen MR) is 191 cm³/mol. The molecular weight excluding hydrogens is 593 g/mol. The van der Waals surface area contributed by atoms with Crippen LogP contribution in [0.5, 0.6) is 0 Å². The molecule has 0 saturated carbocycles. The number of halogens is 3. The molecule has 0 radical (unpaired) electrons. The summed E-state index contributed by atoms with van der Waals surface area (Å²) in [5.41, 5.74) is -5.19. The molecule has 0 aromatic carbocycles. The molecule has 0 unspecified atom stereocenters. The minimum atomic E-state index is -5.19. The molecule has 0 heterocycles. The van der Waals surface area contributed by atoms with E-state index >= 15 is 0 Å². The van der Waals surface area contributed by atoms with Crippen molar-refractivity contribution < 1.29 is 26.1 Å². The maximum Gasteiger partial charge on any atom is 0.511 e. The van der Waals surface area contributed by atoms with Gasteiger partial charge in [-0.1, -0.05) is 144 Å². The zero-order valence-corrected chi connectivity index (χ0v) is 31.5. The summed E-state index contributed by atoms with van der Waals surface area (Å²) in [5, 5.41) is 0. The lowest BCUT2D eigenvalue weighted by Gasteiger charge is -2.40. The van der Waals surface area contributed by atoms with Crippen molar-refractivity contribution >= 4 is 10.0 Å². The second-order valence-electron chi connectivity index (χ2n) is 13.5. The summed E-state index contributed by atoms with van der Waals surface area (Å²) in [7, 11) is -5.12. The third kappa shape index (κ3) is 29.5. The van der Waals surface area contributed by atoms with E-state index in [1.54, 1.807) is 6.92 Å². The fraction of sp³-hybridized carbons (Fsp3) is 1.00. The smallest absolute Gasteiger partial charge is 0.324 e. The Bertz CT molecular complexity index is 633. The monoisotopic (exact) mass is 672 g/mol. The van der Waals surface area contributed by atoms with Gasteiger partial charge in [0.05, 0.1) is 26.2 Å². The molecule has 0 spiro atoms. The molecule has 1 N–H and O–H groups in total. The molecule has 0 aliphatic carbocycles.